The van der Waals surface area contributed by atoms with Gasteiger partial charge in [0.25, 0.3) is 0 Å². The van der Waals surface area contributed by atoms with Crippen molar-refractivity contribution in [3.8, 4) is 0 Å². The topological polar surface area (TPSA) is 36.9 Å². The number of likely N-dealkylation sites (tertiary alicyclic amines) is 1. The summed E-state index contributed by atoms with van der Waals surface area (Å²) >= 11 is 3.60. The second-order valence-electron chi connectivity index (χ2n) is 7.22. The molecule has 0 amide bonds. The van der Waals surface area contributed by atoms with Crippen LogP contribution in [0.5, 0.6) is 0 Å². The number of nitrogens with one attached hydrogen (secondary N) is 1. The molecule has 1 saturated carbocycles. The molecule has 4 nitrogen and oxygen atoms in total. The second-order valence-corrected chi connectivity index (χ2v) is 8.14. The van der Waals surface area contributed by atoms with Crippen molar-refractivity contribution in [2.75, 3.05) is 39.4 Å². The minimum atomic E-state index is 0. The van der Waals surface area contributed by atoms with Crippen LogP contribution in [0.25, 0.3) is 0 Å². The summed E-state index contributed by atoms with van der Waals surface area (Å²) in [5, 5.41) is 3.49. The van der Waals surface area contributed by atoms with Crippen LogP contribution in [0.1, 0.15) is 38.7 Å². The lowest BCUT2D eigenvalue weighted by atomic mass is 9.96. The Morgan fingerprint density at radius 1 is 1.38 bits per heavy atom. The molecule has 1 aliphatic carbocycles. The molecule has 0 spiro atoms. The first kappa shape index (κ1) is 22.0. The van der Waals surface area contributed by atoms with Crippen molar-refractivity contribution in [1.29, 1.82) is 0 Å². The molecule has 6 heteroatoms. The van der Waals surface area contributed by atoms with Crippen molar-refractivity contribution in [2.45, 2.75) is 38.5 Å². The van der Waals surface area contributed by atoms with E-state index < -0.39 is 0 Å². The van der Waals surface area contributed by atoms with Gasteiger partial charge in [0.15, 0.2) is 5.96 Å². The molecule has 1 heterocycles. The first-order valence-corrected chi connectivity index (χ1v) is 10.3. The molecule has 0 bridgehead atoms. The molecule has 0 radical (unpaired) electrons. The van der Waals surface area contributed by atoms with E-state index in [0.29, 0.717) is 5.92 Å². The van der Waals surface area contributed by atoms with Crippen molar-refractivity contribution >= 4 is 45.9 Å². The summed E-state index contributed by atoms with van der Waals surface area (Å²) in [6.45, 7) is 9.80. The van der Waals surface area contributed by atoms with Crippen molar-refractivity contribution in [1.82, 2.24) is 10.2 Å². The van der Waals surface area contributed by atoms with Crippen LogP contribution in [0.3, 0.4) is 0 Å². The zero-order valence-electron chi connectivity index (χ0n) is 15.8. The normalized spacial score (nSPS) is 21.4. The minimum Gasteiger partial charge on any atom is -0.381 e. The van der Waals surface area contributed by atoms with Crippen LogP contribution in [0.2, 0.25) is 0 Å². The first-order valence-electron chi connectivity index (χ1n) is 9.54. The van der Waals surface area contributed by atoms with Gasteiger partial charge in [-0.2, -0.15) is 0 Å². The third-order valence-corrected chi connectivity index (χ3v) is 5.79. The number of nitrogens with zero attached hydrogens (tertiary/aromatic N) is 2. The molecule has 3 rings (SSSR count). The highest BCUT2D eigenvalue weighted by Crippen LogP contribution is 2.48. The van der Waals surface area contributed by atoms with Gasteiger partial charge in [-0.05, 0) is 50.8 Å². The summed E-state index contributed by atoms with van der Waals surface area (Å²) in [4.78, 5) is 7.43. The molecule has 2 aliphatic rings. The lowest BCUT2D eigenvalue weighted by Gasteiger charge is -2.23. The number of rotatable bonds is 7. The predicted octanol–water partition coefficient (Wildman–Crippen LogP) is 4.42. The Kier molecular flexibility index (Phi) is 8.67. The molecule has 1 atom stereocenters. The van der Waals surface area contributed by atoms with Crippen LogP contribution in [-0.2, 0) is 10.2 Å². The van der Waals surface area contributed by atoms with Crippen LogP contribution < -0.4 is 5.32 Å². The molecule has 146 valence electrons. The molecule has 1 aromatic carbocycles. The third-order valence-electron chi connectivity index (χ3n) is 5.30. The summed E-state index contributed by atoms with van der Waals surface area (Å²) < 4.78 is 6.77. The minimum absolute atomic E-state index is 0. The summed E-state index contributed by atoms with van der Waals surface area (Å²) in [7, 11) is 0. The van der Waals surface area contributed by atoms with Gasteiger partial charge < -0.3 is 15.0 Å². The summed E-state index contributed by atoms with van der Waals surface area (Å²) in [6, 6.07) is 8.72. The SMILES string of the molecule is CCNC(=NCC1(c2cccc(Br)c2)CC1)N1CCC(COCC)C1.I. The Morgan fingerprint density at radius 3 is 2.85 bits per heavy atom. The predicted molar refractivity (Wildman–Crippen MR) is 123 cm³/mol. The summed E-state index contributed by atoms with van der Waals surface area (Å²) in [5.41, 5.74) is 1.66. The standard InChI is InChI=1S/C20H30BrN3O.HI/c1-3-22-19(24-11-8-16(13-24)14-25-4-2)23-15-20(9-10-20)17-6-5-7-18(21)12-17;/h5-7,12,16H,3-4,8-11,13-15H2,1-2H3,(H,22,23);1H. The zero-order chi connectivity index (χ0) is 17.7. The fourth-order valence-electron chi connectivity index (χ4n) is 3.60. The quantitative estimate of drug-likeness (QED) is 0.319. The first-order chi connectivity index (χ1) is 12.2. The van der Waals surface area contributed by atoms with E-state index in [1.807, 2.05) is 0 Å². The highest BCUT2D eigenvalue weighted by molar-refractivity contribution is 14.0. The van der Waals surface area contributed by atoms with E-state index in [4.69, 9.17) is 9.73 Å². The third kappa shape index (κ3) is 5.58. The van der Waals surface area contributed by atoms with Gasteiger partial charge >= 0.3 is 0 Å². The van der Waals surface area contributed by atoms with Gasteiger partial charge in [0, 0.05) is 42.0 Å². The molecular weight excluding hydrogens is 505 g/mol. The molecule has 1 aliphatic heterocycles. The van der Waals surface area contributed by atoms with E-state index in [-0.39, 0.29) is 29.4 Å². The highest BCUT2D eigenvalue weighted by atomic mass is 127. The lowest BCUT2D eigenvalue weighted by Crippen LogP contribution is -2.40. The summed E-state index contributed by atoms with van der Waals surface area (Å²) in [5.74, 6) is 1.70. The van der Waals surface area contributed by atoms with E-state index >= 15 is 0 Å². The van der Waals surface area contributed by atoms with Gasteiger partial charge in [-0.1, -0.05) is 28.1 Å². The Hall–Kier alpha value is -0.340. The number of benzene rings is 1. The van der Waals surface area contributed by atoms with Gasteiger partial charge in [-0.15, -0.1) is 24.0 Å². The lowest BCUT2D eigenvalue weighted by molar-refractivity contribution is 0.114. The zero-order valence-corrected chi connectivity index (χ0v) is 19.8. The maximum Gasteiger partial charge on any atom is 0.193 e. The highest BCUT2D eigenvalue weighted by Gasteiger charge is 2.44. The van der Waals surface area contributed by atoms with Gasteiger partial charge in [-0.3, -0.25) is 4.99 Å². The van der Waals surface area contributed by atoms with Gasteiger partial charge in [0.1, 0.15) is 0 Å². The Morgan fingerprint density at radius 2 is 2.19 bits per heavy atom. The van der Waals surface area contributed by atoms with E-state index in [1.165, 1.54) is 24.8 Å². The molecule has 1 unspecified atom stereocenters. The Labute approximate surface area is 183 Å². The smallest absolute Gasteiger partial charge is 0.193 e. The van der Waals surface area contributed by atoms with E-state index in [9.17, 15) is 0 Å². The average Bonchev–Trinajstić information content (AvgIpc) is 3.27. The van der Waals surface area contributed by atoms with E-state index in [0.717, 1.165) is 49.8 Å². The monoisotopic (exact) mass is 535 g/mol. The molecule has 2 fully saturated rings. The molecule has 1 N–H and O–H groups in total. The number of guanidine groups is 1. The molecule has 0 aromatic heterocycles. The van der Waals surface area contributed by atoms with Gasteiger partial charge in [-0.25, -0.2) is 0 Å². The van der Waals surface area contributed by atoms with Crippen molar-refractivity contribution < 1.29 is 4.74 Å². The van der Waals surface area contributed by atoms with Crippen LogP contribution in [-0.4, -0.2) is 50.3 Å². The van der Waals surface area contributed by atoms with Crippen molar-refractivity contribution in [3.63, 3.8) is 0 Å². The maximum absolute atomic E-state index is 5.61. The Balaban J connectivity index is 0.00000243. The van der Waals surface area contributed by atoms with E-state index in [1.54, 1.807) is 0 Å². The van der Waals surface area contributed by atoms with Crippen LogP contribution in [0.15, 0.2) is 33.7 Å². The fraction of sp³-hybridized carbons (Fsp3) is 0.650. The van der Waals surface area contributed by atoms with E-state index in [2.05, 4.69) is 64.3 Å². The van der Waals surface area contributed by atoms with Gasteiger partial charge in [0.05, 0.1) is 13.2 Å². The molecule has 1 aromatic rings. The maximum atomic E-state index is 5.61. The molecule has 1 saturated heterocycles. The molecule has 26 heavy (non-hydrogen) atoms. The Bertz CT molecular complexity index is 606. The number of ether oxygens (including phenoxy) is 1. The molecular formula is C20H31BrIN3O. The van der Waals surface area contributed by atoms with Gasteiger partial charge in [0.2, 0.25) is 0 Å². The van der Waals surface area contributed by atoms with Crippen molar-refractivity contribution in [3.05, 3.63) is 34.3 Å². The second kappa shape index (κ2) is 10.3. The summed E-state index contributed by atoms with van der Waals surface area (Å²) in [6.07, 6.45) is 3.67. The number of aliphatic imine (C=N–C) groups is 1. The fourth-order valence-corrected chi connectivity index (χ4v) is 4.00. The number of halogens is 2. The van der Waals surface area contributed by atoms with Crippen molar-refractivity contribution in [2.24, 2.45) is 10.9 Å². The number of hydrogen-bond donors (Lipinski definition) is 1. The van der Waals surface area contributed by atoms with Crippen LogP contribution in [0, 0.1) is 5.92 Å². The van der Waals surface area contributed by atoms with Crippen LogP contribution in [0.4, 0.5) is 0 Å². The average molecular weight is 536 g/mol. The van der Waals surface area contributed by atoms with Crippen LogP contribution >= 0.6 is 39.9 Å². The largest absolute Gasteiger partial charge is 0.381 e. The number of hydrogen-bond acceptors (Lipinski definition) is 2.